The van der Waals surface area contributed by atoms with E-state index in [0.29, 0.717) is 16.7 Å². The van der Waals surface area contributed by atoms with Gasteiger partial charge in [0.15, 0.2) is 0 Å². The van der Waals surface area contributed by atoms with E-state index in [-0.39, 0.29) is 24.2 Å². The van der Waals surface area contributed by atoms with Crippen molar-refractivity contribution in [1.29, 1.82) is 0 Å². The van der Waals surface area contributed by atoms with Crippen LogP contribution in [0.15, 0.2) is 36.7 Å². The van der Waals surface area contributed by atoms with Gasteiger partial charge >= 0.3 is 5.97 Å². The molecule has 0 atom stereocenters. The fourth-order valence-corrected chi connectivity index (χ4v) is 2.11. The lowest BCUT2D eigenvalue weighted by molar-refractivity contribution is 0.0636. The van der Waals surface area contributed by atoms with E-state index in [1.807, 2.05) is 0 Å². The van der Waals surface area contributed by atoms with E-state index < -0.39 is 5.97 Å². The van der Waals surface area contributed by atoms with Gasteiger partial charge in [-0.1, -0.05) is 12.1 Å². The molecular formula is C14H9N3O4. The lowest BCUT2D eigenvalue weighted by Gasteiger charge is -2.13. The molecule has 0 fully saturated rings. The van der Waals surface area contributed by atoms with Crippen molar-refractivity contribution in [2.75, 3.05) is 0 Å². The Balaban J connectivity index is 1.85. The van der Waals surface area contributed by atoms with E-state index in [9.17, 15) is 14.4 Å². The third-order valence-electron chi connectivity index (χ3n) is 3.12. The number of aromatic carboxylic acids is 1. The molecule has 0 aliphatic carbocycles. The van der Waals surface area contributed by atoms with Gasteiger partial charge < -0.3 is 5.11 Å². The van der Waals surface area contributed by atoms with Crippen LogP contribution >= 0.6 is 0 Å². The van der Waals surface area contributed by atoms with Crippen LogP contribution in [0.4, 0.5) is 0 Å². The van der Waals surface area contributed by atoms with Crippen molar-refractivity contribution in [2.24, 2.45) is 0 Å². The first kappa shape index (κ1) is 12.9. The molecule has 2 aromatic rings. The van der Waals surface area contributed by atoms with Gasteiger partial charge in [-0.2, -0.15) is 0 Å². The van der Waals surface area contributed by atoms with Crippen LogP contribution in [0.2, 0.25) is 0 Å². The second-order valence-corrected chi connectivity index (χ2v) is 4.46. The highest BCUT2D eigenvalue weighted by atomic mass is 16.4. The molecule has 3 rings (SSSR count). The summed E-state index contributed by atoms with van der Waals surface area (Å²) in [6, 6.07) is 6.58. The molecular weight excluding hydrogens is 274 g/mol. The van der Waals surface area contributed by atoms with Gasteiger partial charge in [-0.15, -0.1) is 0 Å². The SMILES string of the molecule is O=C(O)c1ncc(CN2C(=O)c3ccccc3C2=O)cn1. The molecule has 2 amide bonds. The number of fused-ring (bicyclic) bond motifs is 1. The molecule has 0 unspecified atom stereocenters. The number of amides is 2. The smallest absolute Gasteiger partial charge is 0.373 e. The summed E-state index contributed by atoms with van der Waals surface area (Å²) in [5.41, 5.74) is 1.21. The summed E-state index contributed by atoms with van der Waals surface area (Å²) in [5.74, 6) is -2.32. The molecule has 0 spiro atoms. The quantitative estimate of drug-likeness (QED) is 0.842. The summed E-state index contributed by atoms with van der Waals surface area (Å²) in [6.07, 6.45) is 2.58. The average Bonchev–Trinajstić information content (AvgIpc) is 2.73. The number of hydrogen-bond acceptors (Lipinski definition) is 5. The normalized spacial score (nSPS) is 13.4. The molecule has 21 heavy (non-hydrogen) atoms. The maximum atomic E-state index is 12.2. The summed E-state index contributed by atoms with van der Waals surface area (Å²) < 4.78 is 0. The lowest BCUT2D eigenvalue weighted by Crippen LogP contribution is -2.29. The minimum atomic E-state index is -1.23. The molecule has 1 aromatic heterocycles. The minimum Gasteiger partial charge on any atom is -0.475 e. The van der Waals surface area contributed by atoms with E-state index in [0.717, 1.165) is 4.90 Å². The zero-order valence-electron chi connectivity index (χ0n) is 10.7. The minimum absolute atomic E-state index is 0.00620. The number of nitrogens with zero attached hydrogens (tertiary/aromatic N) is 3. The average molecular weight is 283 g/mol. The molecule has 0 bridgehead atoms. The highest BCUT2D eigenvalue weighted by Crippen LogP contribution is 2.23. The van der Waals surface area contributed by atoms with Gasteiger partial charge in [0.05, 0.1) is 17.7 Å². The summed E-state index contributed by atoms with van der Waals surface area (Å²) in [4.78, 5) is 43.4. The predicted octanol–water partition coefficient (Wildman–Crippen LogP) is 0.971. The number of carbonyl (C=O) groups is 3. The molecule has 1 aliphatic heterocycles. The van der Waals surface area contributed by atoms with E-state index in [4.69, 9.17) is 5.11 Å². The van der Waals surface area contributed by atoms with E-state index >= 15 is 0 Å². The fraction of sp³-hybridized carbons (Fsp3) is 0.0714. The van der Waals surface area contributed by atoms with Crippen LogP contribution in [-0.4, -0.2) is 37.8 Å². The van der Waals surface area contributed by atoms with Crippen molar-refractivity contribution in [3.63, 3.8) is 0 Å². The van der Waals surface area contributed by atoms with Crippen molar-refractivity contribution in [1.82, 2.24) is 14.9 Å². The first-order chi connectivity index (χ1) is 10.1. The molecule has 0 radical (unpaired) electrons. The summed E-state index contributed by atoms with van der Waals surface area (Å²) in [7, 11) is 0. The monoisotopic (exact) mass is 283 g/mol. The Bertz CT molecular complexity index is 720. The van der Waals surface area contributed by atoms with Crippen molar-refractivity contribution < 1.29 is 19.5 Å². The van der Waals surface area contributed by atoms with Gasteiger partial charge in [0.2, 0.25) is 5.82 Å². The topological polar surface area (TPSA) is 100 Å². The predicted molar refractivity (Wildman–Crippen MR) is 69.6 cm³/mol. The zero-order chi connectivity index (χ0) is 15.0. The molecule has 1 N–H and O–H groups in total. The van der Waals surface area contributed by atoms with Gasteiger partial charge in [-0.05, 0) is 12.1 Å². The lowest BCUT2D eigenvalue weighted by atomic mass is 10.1. The van der Waals surface area contributed by atoms with Crippen LogP contribution in [0.5, 0.6) is 0 Å². The van der Waals surface area contributed by atoms with Gasteiger partial charge in [0.1, 0.15) is 0 Å². The second kappa shape index (κ2) is 4.78. The van der Waals surface area contributed by atoms with Crippen LogP contribution in [0, 0.1) is 0 Å². The Morgan fingerprint density at radius 1 is 1.05 bits per heavy atom. The Labute approximate surface area is 118 Å². The van der Waals surface area contributed by atoms with Crippen LogP contribution in [0.25, 0.3) is 0 Å². The van der Waals surface area contributed by atoms with Crippen LogP contribution in [0.3, 0.4) is 0 Å². The highest BCUT2D eigenvalue weighted by molar-refractivity contribution is 6.21. The number of benzene rings is 1. The van der Waals surface area contributed by atoms with Gasteiger partial charge in [-0.3, -0.25) is 14.5 Å². The van der Waals surface area contributed by atoms with Crippen LogP contribution < -0.4 is 0 Å². The number of aromatic nitrogens is 2. The zero-order valence-corrected chi connectivity index (χ0v) is 10.7. The number of imide groups is 1. The van der Waals surface area contributed by atoms with E-state index in [2.05, 4.69) is 9.97 Å². The number of rotatable bonds is 3. The summed E-state index contributed by atoms with van der Waals surface area (Å²) in [5, 5.41) is 8.72. The Morgan fingerprint density at radius 3 is 2.05 bits per heavy atom. The highest BCUT2D eigenvalue weighted by Gasteiger charge is 2.35. The Morgan fingerprint density at radius 2 is 1.57 bits per heavy atom. The molecule has 104 valence electrons. The van der Waals surface area contributed by atoms with Crippen LogP contribution in [0.1, 0.15) is 36.9 Å². The van der Waals surface area contributed by atoms with Gasteiger partial charge in [0, 0.05) is 18.0 Å². The number of carbonyl (C=O) groups excluding carboxylic acids is 2. The largest absolute Gasteiger partial charge is 0.475 e. The molecule has 1 aromatic carbocycles. The fourth-order valence-electron chi connectivity index (χ4n) is 2.11. The number of carboxylic acid groups (broad SMARTS) is 1. The molecule has 2 heterocycles. The summed E-state index contributed by atoms with van der Waals surface area (Å²) in [6.45, 7) is 0.00620. The Hall–Kier alpha value is -3.09. The molecule has 0 saturated heterocycles. The first-order valence-electron chi connectivity index (χ1n) is 6.07. The van der Waals surface area contributed by atoms with Crippen molar-refractivity contribution in [2.45, 2.75) is 6.54 Å². The first-order valence-corrected chi connectivity index (χ1v) is 6.07. The summed E-state index contributed by atoms with van der Waals surface area (Å²) >= 11 is 0. The molecule has 1 aliphatic rings. The Kier molecular flexibility index (Phi) is 2.94. The van der Waals surface area contributed by atoms with Crippen molar-refractivity contribution in [3.05, 3.63) is 59.2 Å². The third kappa shape index (κ3) is 2.14. The van der Waals surface area contributed by atoms with E-state index in [1.54, 1.807) is 24.3 Å². The maximum Gasteiger partial charge on any atom is 0.373 e. The van der Waals surface area contributed by atoms with Gasteiger partial charge in [-0.25, -0.2) is 14.8 Å². The van der Waals surface area contributed by atoms with Crippen molar-refractivity contribution in [3.8, 4) is 0 Å². The van der Waals surface area contributed by atoms with Crippen LogP contribution in [-0.2, 0) is 6.54 Å². The molecule has 7 heteroatoms. The van der Waals surface area contributed by atoms with Gasteiger partial charge in [0.25, 0.3) is 11.8 Å². The number of carboxylic acids is 1. The number of hydrogen-bond donors (Lipinski definition) is 1. The van der Waals surface area contributed by atoms with Crippen molar-refractivity contribution >= 4 is 17.8 Å². The molecule has 0 saturated carbocycles. The standard InChI is InChI=1S/C14H9N3O4/c18-12-9-3-1-2-4-10(9)13(19)17(12)7-8-5-15-11(14(20)21)16-6-8/h1-6H,7H2,(H,20,21). The maximum absolute atomic E-state index is 12.2. The van der Waals surface area contributed by atoms with E-state index in [1.165, 1.54) is 12.4 Å². The third-order valence-corrected chi connectivity index (χ3v) is 3.12. The second-order valence-electron chi connectivity index (χ2n) is 4.46. The molecule has 7 nitrogen and oxygen atoms in total.